The van der Waals surface area contributed by atoms with Gasteiger partial charge in [-0.3, -0.25) is 24.4 Å². The van der Waals surface area contributed by atoms with Crippen molar-refractivity contribution in [2.75, 3.05) is 11.9 Å². The summed E-state index contributed by atoms with van der Waals surface area (Å²) in [4.78, 5) is 40.9. The fraction of sp³-hybridized carbons (Fsp3) is 0.297. The maximum atomic E-state index is 13.1. The Hall–Kier alpha value is -5.74. The highest BCUT2D eigenvalue weighted by Gasteiger charge is 2.39. The van der Waals surface area contributed by atoms with Crippen molar-refractivity contribution >= 4 is 34.7 Å². The van der Waals surface area contributed by atoms with Gasteiger partial charge in [-0.15, -0.1) is 21.5 Å². The summed E-state index contributed by atoms with van der Waals surface area (Å²) in [7, 11) is 0. The highest BCUT2D eigenvalue weighted by molar-refractivity contribution is 7.13. The van der Waals surface area contributed by atoms with Gasteiger partial charge in [-0.1, -0.05) is 48.2 Å². The molecule has 13 heteroatoms. The third-order valence-electron chi connectivity index (χ3n) is 9.33. The summed E-state index contributed by atoms with van der Waals surface area (Å²) in [6, 6.07) is 15.3. The number of nitrogens with zero attached hydrogens (tertiary/aromatic N) is 6. The summed E-state index contributed by atoms with van der Waals surface area (Å²) in [5.74, 6) is 8.47. The van der Waals surface area contributed by atoms with Crippen molar-refractivity contribution in [3.8, 4) is 17.6 Å². The van der Waals surface area contributed by atoms with E-state index >= 15 is 0 Å². The van der Waals surface area contributed by atoms with E-state index in [-0.39, 0.29) is 18.2 Å². The number of anilines is 1. The van der Waals surface area contributed by atoms with E-state index in [1.165, 1.54) is 5.56 Å². The lowest BCUT2D eigenvalue weighted by Gasteiger charge is -2.29. The standard InChI is InChI=1S/C37H34N8O4S/c1-23-41-42-33-22-49-35-27(17-24-7-3-2-4-8-24)31(50-32(35)21-44(23)33)13-11-25-18-39-43(19-25)16-6-15-38-29-10-5-9-26-28(29)20-45(37(26)48)30-12-14-34(46)40-36(30)47/h2-5,7-10,18-19,30,38H,6,12,14-17,20-22H2,1H3,(H,40,46,47). The van der Waals surface area contributed by atoms with E-state index in [9.17, 15) is 14.4 Å². The molecule has 3 aromatic heterocycles. The normalized spacial score (nSPS) is 16.5. The smallest absolute Gasteiger partial charge is 0.255 e. The quantitative estimate of drug-likeness (QED) is 0.142. The third kappa shape index (κ3) is 6.14. The molecule has 2 aromatic carbocycles. The number of aromatic nitrogens is 5. The molecule has 5 aromatic rings. The van der Waals surface area contributed by atoms with Gasteiger partial charge in [0.1, 0.15) is 24.2 Å². The zero-order chi connectivity index (χ0) is 34.2. The summed E-state index contributed by atoms with van der Waals surface area (Å²) in [5.41, 5.74) is 5.46. The van der Waals surface area contributed by atoms with Gasteiger partial charge >= 0.3 is 0 Å². The molecule has 1 saturated heterocycles. The first-order chi connectivity index (χ1) is 24.4. The van der Waals surface area contributed by atoms with E-state index < -0.39 is 11.9 Å². The highest BCUT2D eigenvalue weighted by atomic mass is 32.1. The van der Waals surface area contributed by atoms with Crippen molar-refractivity contribution in [1.29, 1.82) is 0 Å². The van der Waals surface area contributed by atoms with Gasteiger partial charge in [-0.25, -0.2) is 0 Å². The van der Waals surface area contributed by atoms with Crippen molar-refractivity contribution < 1.29 is 19.1 Å². The molecule has 0 aliphatic carbocycles. The van der Waals surface area contributed by atoms with Crippen LogP contribution < -0.4 is 15.4 Å². The second-order valence-electron chi connectivity index (χ2n) is 12.6. The first-order valence-corrected chi connectivity index (χ1v) is 17.5. The third-order valence-corrected chi connectivity index (χ3v) is 10.4. The molecular formula is C37H34N8O4S. The van der Waals surface area contributed by atoms with Crippen molar-refractivity contribution in [2.45, 2.75) is 64.9 Å². The van der Waals surface area contributed by atoms with Gasteiger partial charge in [-0.05, 0) is 37.5 Å². The molecule has 6 heterocycles. The summed E-state index contributed by atoms with van der Waals surface area (Å²) < 4.78 is 10.3. The number of hydrogen-bond donors (Lipinski definition) is 2. The van der Waals surface area contributed by atoms with Crippen LogP contribution in [-0.2, 0) is 42.3 Å². The van der Waals surface area contributed by atoms with Crippen LogP contribution >= 0.6 is 11.3 Å². The minimum Gasteiger partial charge on any atom is -0.484 e. The van der Waals surface area contributed by atoms with Crippen LogP contribution in [0.15, 0.2) is 60.9 Å². The van der Waals surface area contributed by atoms with Crippen LogP contribution in [0.2, 0.25) is 0 Å². The van der Waals surface area contributed by atoms with E-state index in [2.05, 4.69) is 54.5 Å². The number of carbonyl (C=O) groups is 3. The summed E-state index contributed by atoms with van der Waals surface area (Å²) in [6.45, 7) is 4.67. The minimum atomic E-state index is -0.636. The lowest BCUT2D eigenvalue weighted by Crippen LogP contribution is -2.52. The number of hydrogen-bond acceptors (Lipinski definition) is 9. The molecule has 8 rings (SSSR count). The number of nitrogens with one attached hydrogen (secondary N) is 2. The number of ether oxygens (including phenoxy) is 1. The Morgan fingerprint density at radius 2 is 1.94 bits per heavy atom. The fourth-order valence-electron chi connectivity index (χ4n) is 6.75. The molecule has 50 heavy (non-hydrogen) atoms. The largest absolute Gasteiger partial charge is 0.484 e. The van der Waals surface area contributed by atoms with Crippen molar-refractivity contribution in [1.82, 2.24) is 34.8 Å². The maximum absolute atomic E-state index is 13.1. The van der Waals surface area contributed by atoms with Crippen LogP contribution in [0.3, 0.4) is 0 Å². The summed E-state index contributed by atoms with van der Waals surface area (Å²) >= 11 is 1.66. The van der Waals surface area contributed by atoms with Gasteiger partial charge < -0.3 is 19.5 Å². The SMILES string of the molecule is Cc1nnc2n1Cc1sc(C#Cc3cnn(CCCNc4cccc5c4CN(C4CCC(=O)NC4=O)C5=O)c3)c(Cc3ccccc3)c1OC2. The molecule has 0 radical (unpaired) electrons. The van der Waals surface area contributed by atoms with Crippen LogP contribution in [0, 0.1) is 18.8 Å². The number of thiophene rings is 1. The van der Waals surface area contributed by atoms with E-state index in [4.69, 9.17) is 4.74 Å². The molecule has 3 aliphatic rings. The first-order valence-electron chi connectivity index (χ1n) is 16.7. The molecule has 0 bridgehead atoms. The van der Waals surface area contributed by atoms with Crippen molar-refractivity contribution in [3.63, 3.8) is 0 Å². The Morgan fingerprint density at radius 3 is 2.80 bits per heavy atom. The predicted octanol–water partition coefficient (Wildman–Crippen LogP) is 4.04. The Kier molecular flexibility index (Phi) is 8.38. The molecule has 0 spiro atoms. The molecule has 3 aliphatic heterocycles. The van der Waals surface area contributed by atoms with Crippen LogP contribution in [0.5, 0.6) is 5.75 Å². The minimum absolute atomic E-state index is 0.180. The number of benzene rings is 2. The zero-order valence-corrected chi connectivity index (χ0v) is 28.3. The highest BCUT2D eigenvalue weighted by Crippen LogP contribution is 2.39. The Bertz CT molecular complexity index is 2190. The van der Waals surface area contributed by atoms with E-state index in [1.54, 1.807) is 28.5 Å². The molecule has 0 saturated carbocycles. The lowest BCUT2D eigenvalue weighted by molar-refractivity contribution is -0.136. The Labute approximate surface area is 292 Å². The fourth-order valence-corrected chi connectivity index (χ4v) is 7.85. The number of fused-ring (bicyclic) bond motifs is 3. The zero-order valence-electron chi connectivity index (χ0n) is 27.4. The summed E-state index contributed by atoms with van der Waals surface area (Å²) in [6.07, 6.45) is 5.83. The molecule has 12 nitrogen and oxygen atoms in total. The average Bonchev–Trinajstić information content (AvgIpc) is 3.86. The average molecular weight is 687 g/mol. The second-order valence-corrected chi connectivity index (χ2v) is 13.7. The van der Waals surface area contributed by atoms with Crippen molar-refractivity contribution in [2.24, 2.45) is 0 Å². The van der Waals surface area contributed by atoms with Crippen LogP contribution in [0.4, 0.5) is 5.69 Å². The predicted molar refractivity (Wildman–Crippen MR) is 186 cm³/mol. The number of rotatable bonds is 8. The van der Waals surface area contributed by atoms with Gasteiger partial charge in [-0.2, -0.15) is 5.10 Å². The monoisotopic (exact) mass is 686 g/mol. The van der Waals surface area contributed by atoms with E-state index in [0.29, 0.717) is 44.8 Å². The first kappa shape index (κ1) is 31.5. The number of carbonyl (C=O) groups excluding carboxylic acids is 3. The van der Waals surface area contributed by atoms with Crippen LogP contribution in [0.1, 0.15) is 73.3 Å². The number of amides is 3. The van der Waals surface area contributed by atoms with Crippen LogP contribution in [-0.4, -0.2) is 59.8 Å². The Morgan fingerprint density at radius 1 is 1.06 bits per heavy atom. The van der Waals surface area contributed by atoms with Crippen molar-refractivity contribution in [3.05, 3.63) is 110 Å². The maximum Gasteiger partial charge on any atom is 0.255 e. The van der Waals surface area contributed by atoms with Crippen LogP contribution in [0.25, 0.3) is 0 Å². The number of piperidine rings is 1. The molecule has 1 atom stereocenters. The van der Waals surface area contributed by atoms with Gasteiger partial charge in [0.05, 0.1) is 28.1 Å². The Balaban J connectivity index is 0.923. The van der Waals surface area contributed by atoms with E-state index in [1.807, 2.05) is 48.1 Å². The molecular weight excluding hydrogens is 653 g/mol. The molecule has 3 amide bonds. The van der Waals surface area contributed by atoms with E-state index in [0.717, 1.165) is 62.4 Å². The summed E-state index contributed by atoms with van der Waals surface area (Å²) in [5, 5.41) is 18.9. The molecule has 1 unspecified atom stereocenters. The number of imide groups is 1. The number of aryl methyl sites for hydroxylation is 2. The van der Waals surface area contributed by atoms with Gasteiger partial charge in [0, 0.05) is 61.1 Å². The molecule has 252 valence electrons. The van der Waals surface area contributed by atoms with Gasteiger partial charge in [0.15, 0.2) is 5.82 Å². The topological polar surface area (TPSA) is 136 Å². The van der Waals surface area contributed by atoms with Gasteiger partial charge in [0.25, 0.3) is 5.91 Å². The molecule has 2 N–H and O–H groups in total. The lowest BCUT2D eigenvalue weighted by atomic mass is 10.0. The second kappa shape index (κ2) is 13.3. The molecule has 1 fully saturated rings. The van der Waals surface area contributed by atoms with Gasteiger partial charge in [0.2, 0.25) is 11.8 Å².